The van der Waals surface area contributed by atoms with Crippen LogP contribution in [-0.4, -0.2) is 19.0 Å². The second kappa shape index (κ2) is 8.30. The van der Waals surface area contributed by atoms with E-state index < -0.39 is 17.6 Å². The van der Waals surface area contributed by atoms with Crippen LogP contribution in [0, 0.1) is 0 Å². The molecule has 1 aliphatic heterocycles. The molecule has 0 spiro atoms. The van der Waals surface area contributed by atoms with Gasteiger partial charge in [0.1, 0.15) is 0 Å². The predicted octanol–water partition coefficient (Wildman–Crippen LogP) is 6.86. The molecule has 1 heterocycles. The quantitative estimate of drug-likeness (QED) is 0.447. The van der Waals surface area contributed by atoms with Crippen molar-refractivity contribution in [3.05, 3.63) is 70.2 Å². The van der Waals surface area contributed by atoms with Crippen LogP contribution in [0.25, 0.3) is 10.8 Å². The van der Waals surface area contributed by atoms with Gasteiger partial charge >= 0.3 is 6.18 Å². The van der Waals surface area contributed by atoms with Crippen molar-refractivity contribution in [3.8, 4) is 0 Å². The van der Waals surface area contributed by atoms with Gasteiger partial charge in [0.15, 0.2) is 0 Å². The summed E-state index contributed by atoms with van der Waals surface area (Å²) in [5.41, 5.74) is 0.441. The molecular weight excluding hydrogens is 457 g/mol. The zero-order chi connectivity index (χ0) is 21.3. The van der Waals surface area contributed by atoms with Crippen molar-refractivity contribution < 1.29 is 18.0 Å². The average molecular weight is 477 g/mol. The van der Waals surface area contributed by atoms with E-state index in [2.05, 4.69) is 21.2 Å². The first-order valence-electron chi connectivity index (χ1n) is 9.79. The third-order valence-corrected chi connectivity index (χ3v) is 6.07. The van der Waals surface area contributed by atoms with E-state index in [1.807, 2.05) is 29.2 Å². The number of piperidine rings is 1. The molecule has 0 bridgehead atoms. The summed E-state index contributed by atoms with van der Waals surface area (Å²) in [5.74, 6) is -0.434. The Labute approximate surface area is 181 Å². The highest BCUT2D eigenvalue weighted by atomic mass is 79.9. The molecule has 1 saturated heterocycles. The van der Waals surface area contributed by atoms with E-state index >= 15 is 0 Å². The number of benzene rings is 3. The van der Waals surface area contributed by atoms with Gasteiger partial charge in [-0.2, -0.15) is 13.2 Å². The second-order valence-corrected chi connectivity index (χ2v) is 8.23. The number of hydrogen-bond acceptors (Lipinski definition) is 2. The third-order valence-electron chi connectivity index (χ3n) is 5.38. The van der Waals surface area contributed by atoms with E-state index in [1.54, 1.807) is 12.1 Å². The molecule has 1 fully saturated rings. The number of nitrogens with zero attached hydrogens (tertiary/aromatic N) is 1. The standard InChI is InChI=1S/C23H20BrF3N2O/c24-19-9-5-6-16-17(19)7-4-8-18(16)22(30)28-20-14-15(23(25,26)27)10-11-21(20)29-12-2-1-3-13-29/h4-11,14H,1-3,12-13H2,(H,28,30). The average Bonchev–Trinajstić information content (AvgIpc) is 2.73. The number of amides is 1. The molecule has 0 unspecified atom stereocenters. The van der Waals surface area contributed by atoms with E-state index in [9.17, 15) is 18.0 Å². The highest BCUT2D eigenvalue weighted by Gasteiger charge is 2.32. The van der Waals surface area contributed by atoms with Crippen LogP contribution in [-0.2, 0) is 6.18 Å². The van der Waals surface area contributed by atoms with Gasteiger partial charge in [0, 0.05) is 23.1 Å². The lowest BCUT2D eigenvalue weighted by molar-refractivity contribution is -0.137. The van der Waals surface area contributed by atoms with Gasteiger partial charge in [-0.05, 0) is 60.4 Å². The van der Waals surface area contributed by atoms with Crippen molar-refractivity contribution in [1.82, 2.24) is 0 Å². The van der Waals surface area contributed by atoms with E-state index in [0.717, 1.165) is 59.7 Å². The fourth-order valence-electron chi connectivity index (χ4n) is 3.88. The number of nitrogens with one attached hydrogen (secondary N) is 1. The molecule has 7 heteroatoms. The van der Waals surface area contributed by atoms with Crippen LogP contribution in [0.1, 0.15) is 35.2 Å². The maximum atomic E-state index is 13.3. The molecule has 4 rings (SSSR count). The summed E-state index contributed by atoms with van der Waals surface area (Å²) >= 11 is 3.48. The van der Waals surface area contributed by atoms with Crippen molar-refractivity contribution in [2.24, 2.45) is 0 Å². The van der Waals surface area contributed by atoms with Crippen molar-refractivity contribution >= 4 is 44.0 Å². The summed E-state index contributed by atoms with van der Waals surface area (Å²) in [7, 11) is 0. The van der Waals surface area contributed by atoms with Gasteiger partial charge in [-0.25, -0.2) is 0 Å². The number of carbonyl (C=O) groups excluding carboxylic acids is 1. The lowest BCUT2D eigenvalue weighted by Gasteiger charge is -2.31. The zero-order valence-corrected chi connectivity index (χ0v) is 17.7. The Morgan fingerprint density at radius 2 is 1.63 bits per heavy atom. The van der Waals surface area contributed by atoms with Gasteiger partial charge in [0.2, 0.25) is 0 Å². The fraction of sp³-hybridized carbons (Fsp3) is 0.261. The summed E-state index contributed by atoms with van der Waals surface area (Å²) in [5, 5.41) is 4.35. The number of alkyl halides is 3. The topological polar surface area (TPSA) is 32.3 Å². The molecule has 1 aliphatic rings. The summed E-state index contributed by atoms with van der Waals surface area (Å²) in [4.78, 5) is 15.1. The highest BCUT2D eigenvalue weighted by molar-refractivity contribution is 9.10. The van der Waals surface area contributed by atoms with E-state index in [4.69, 9.17) is 0 Å². The van der Waals surface area contributed by atoms with Crippen molar-refractivity contribution in [2.45, 2.75) is 25.4 Å². The predicted molar refractivity (Wildman–Crippen MR) is 117 cm³/mol. The Morgan fingerprint density at radius 3 is 2.37 bits per heavy atom. The molecule has 0 atom stereocenters. The minimum Gasteiger partial charge on any atom is -0.370 e. The number of hydrogen-bond donors (Lipinski definition) is 1. The molecule has 0 radical (unpaired) electrons. The van der Waals surface area contributed by atoms with Crippen LogP contribution in [0.5, 0.6) is 0 Å². The maximum Gasteiger partial charge on any atom is 0.416 e. The first-order valence-corrected chi connectivity index (χ1v) is 10.6. The lowest BCUT2D eigenvalue weighted by atomic mass is 10.0. The third kappa shape index (κ3) is 4.17. The molecule has 0 saturated carbocycles. The Bertz CT molecular complexity index is 1090. The molecule has 1 amide bonds. The second-order valence-electron chi connectivity index (χ2n) is 7.37. The van der Waals surface area contributed by atoms with E-state index in [0.29, 0.717) is 11.3 Å². The smallest absolute Gasteiger partial charge is 0.370 e. The highest BCUT2D eigenvalue weighted by Crippen LogP contribution is 2.37. The van der Waals surface area contributed by atoms with Crippen molar-refractivity contribution in [2.75, 3.05) is 23.3 Å². The van der Waals surface area contributed by atoms with Crippen molar-refractivity contribution in [1.29, 1.82) is 0 Å². The number of rotatable bonds is 3. The first kappa shape index (κ1) is 20.7. The van der Waals surface area contributed by atoms with Crippen LogP contribution >= 0.6 is 15.9 Å². The molecule has 3 aromatic rings. The molecule has 156 valence electrons. The molecule has 0 aromatic heterocycles. The molecule has 30 heavy (non-hydrogen) atoms. The SMILES string of the molecule is O=C(Nc1cc(C(F)(F)F)ccc1N1CCCCC1)c1cccc2c(Br)cccc12. The molecular formula is C23H20BrF3N2O. The minimum absolute atomic E-state index is 0.184. The van der Waals surface area contributed by atoms with Gasteiger partial charge in [-0.3, -0.25) is 4.79 Å². The van der Waals surface area contributed by atoms with Gasteiger partial charge in [-0.1, -0.05) is 40.2 Å². The van der Waals surface area contributed by atoms with Crippen LogP contribution in [0.3, 0.4) is 0 Å². The Kier molecular flexibility index (Phi) is 5.73. The van der Waals surface area contributed by atoms with Gasteiger partial charge in [0.05, 0.1) is 16.9 Å². The molecule has 1 N–H and O–H groups in total. The van der Waals surface area contributed by atoms with Crippen LogP contribution in [0.4, 0.5) is 24.5 Å². The maximum absolute atomic E-state index is 13.3. The molecule has 3 aromatic carbocycles. The monoisotopic (exact) mass is 476 g/mol. The molecule has 0 aliphatic carbocycles. The van der Waals surface area contributed by atoms with Gasteiger partial charge in [0.25, 0.3) is 5.91 Å². The Hall–Kier alpha value is -2.54. The number of anilines is 2. The first-order chi connectivity index (χ1) is 14.3. The van der Waals surface area contributed by atoms with Crippen LogP contribution < -0.4 is 10.2 Å². The normalized spacial score (nSPS) is 14.7. The summed E-state index contributed by atoms with van der Waals surface area (Å²) < 4.78 is 40.8. The van der Waals surface area contributed by atoms with Crippen LogP contribution in [0.2, 0.25) is 0 Å². The minimum atomic E-state index is -4.48. The summed E-state index contributed by atoms with van der Waals surface area (Å²) in [6.07, 6.45) is -1.43. The van der Waals surface area contributed by atoms with E-state index in [1.165, 1.54) is 6.07 Å². The summed E-state index contributed by atoms with van der Waals surface area (Å²) in [6, 6.07) is 14.4. The van der Waals surface area contributed by atoms with E-state index in [-0.39, 0.29) is 5.69 Å². The Morgan fingerprint density at radius 1 is 0.933 bits per heavy atom. The van der Waals surface area contributed by atoms with Crippen LogP contribution in [0.15, 0.2) is 59.1 Å². The Balaban J connectivity index is 1.74. The van der Waals surface area contributed by atoms with Gasteiger partial charge < -0.3 is 10.2 Å². The lowest BCUT2D eigenvalue weighted by Crippen LogP contribution is -2.30. The fourth-order valence-corrected chi connectivity index (χ4v) is 4.38. The number of fused-ring (bicyclic) bond motifs is 1. The zero-order valence-electron chi connectivity index (χ0n) is 16.1. The molecule has 3 nitrogen and oxygen atoms in total. The van der Waals surface area contributed by atoms with Crippen molar-refractivity contribution in [3.63, 3.8) is 0 Å². The summed E-state index contributed by atoms with van der Waals surface area (Å²) in [6.45, 7) is 1.52. The number of halogens is 4. The van der Waals surface area contributed by atoms with Gasteiger partial charge in [-0.15, -0.1) is 0 Å². The number of carbonyl (C=O) groups is 1. The largest absolute Gasteiger partial charge is 0.416 e.